The molecule has 0 saturated heterocycles. The molecule has 126 heavy (non-hydrogen) atoms. The Bertz CT molecular complexity index is 180. The van der Waals surface area contributed by atoms with E-state index in [1.165, 1.54) is 0 Å². The molecule has 0 atom stereocenters. The molecule has 2 N–H and O–H groups in total. The van der Waals surface area contributed by atoms with Crippen molar-refractivity contribution in [2.75, 3.05) is 0 Å². The Kier molecular flexibility index (Phi) is 6630. The van der Waals surface area contributed by atoms with E-state index in [0.717, 1.165) is 12.2 Å². The smallest absolute Gasteiger partial charge is 0.478 e. The normalized spacial score (nSPS) is 0.508. The zero-order valence-corrected chi connectivity index (χ0v) is 353. The van der Waals surface area contributed by atoms with Crippen molar-refractivity contribution in [3.8, 4) is 0 Å². The molecule has 0 unspecified atom stereocenters. The molecule has 120 heteroatoms. The number of aliphatic carboxylic acids is 2. The zero-order valence-electron chi connectivity index (χ0n) is 121. The van der Waals surface area contributed by atoms with E-state index >= 15 is 0 Å². The molecule has 0 saturated carbocycles. The van der Waals surface area contributed by atoms with Gasteiger partial charge in [-0.15, -0.1) is 0 Å². The standard InChI is InChI=1S/2C3H4O2.116Na/c2*1-2-3(4)5;;;;;;;;;;;;;;;;;;;;;;;;;;;;;;;;;;;;;;;;;;;;;;;;;;;;;;;;;;;;;;;;;;;;;;;;;;;;;;;;;;;;;;;;;;;;;;;;;;;;;;;;;;;;;;;;;;;;/h2*2H,1H2,(H,4,5);;;;;;;;;;;;;;;;;;;;;;;;;;;;;;;;;;;;;;;;;;;;;;;;;;;;;;;;;;;;;;;;;;;;;;;;;;;;;;;;;;;;;;;;;;;;;;;;;;;;;;;;;;;;;;;;;;;;/q;;116*+1. The number of hydrogen-bond donors (Lipinski definition) is 2. The van der Waals surface area contributed by atoms with E-state index < -0.39 is 11.9 Å². The molecular formula is C6H8Na116O4+116. The summed E-state index contributed by atoms with van der Waals surface area (Å²) in [6.07, 6.45) is 1.67. The van der Waals surface area contributed by atoms with Gasteiger partial charge in [0.05, 0.1) is 0 Å². The van der Waals surface area contributed by atoms with Gasteiger partial charge >= 0.3 is 3440 Å². The molecular weight excluding hydrogens is 2800 g/mol. The first-order valence-corrected chi connectivity index (χ1v) is 2.25. The van der Waals surface area contributed by atoms with Gasteiger partial charge in [0.25, 0.3) is 0 Å². The fourth-order valence-corrected chi connectivity index (χ4v) is 0. The predicted molar refractivity (Wildman–Crippen MR) is 35.7 cm³/mol. The van der Waals surface area contributed by atoms with Gasteiger partial charge in [-0.05, 0) is 0 Å². The van der Waals surface area contributed by atoms with Gasteiger partial charge in [0.1, 0.15) is 0 Å². The number of carbonyl (C=O) groups is 2. The molecule has 0 aromatic carbocycles. The molecule has 0 radical (unpaired) electrons. The van der Waals surface area contributed by atoms with Crippen molar-refractivity contribution in [3.63, 3.8) is 0 Å². The summed E-state index contributed by atoms with van der Waals surface area (Å²) in [6, 6.07) is 0. The Balaban J connectivity index is -0.0000000000456. The SMILES string of the molecule is C=CC(=O)O.C=CC(=O)O.[Na+].[Na+].[Na+].[Na+].[Na+].[Na+].[Na+].[Na+].[Na+].[Na+].[Na+].[Na+].[Na+].[Na+].[Na+].[Na+].[Na+].[Na+].[Na+].[Na+].[Na+].[Na+].[Na+].[Na+].[Na+].[Na+].[Na+].[Na+].[Na+].[Na+].[Na+].[Na+].[Na+].[Na+].[Na+].[Na+].[Na+].[Na+].[Na+].[Na+].[Na+].[Na+].[Na+].[Na+].[Na+].[Na+].[Na+].[Na+].[Na+].[Na+].[Na+].[Na+].[Na+].[Na+].[Na+].[Na+].[Na+].[Na+].[Na+].[Na+].[Na+].[Na+].[Na+].[Na+].[Na+].[Na+].[Na+].[Na+].[Na+].[Na+].[Na+].[Na+].[Na+].[Na+].[Na+].[Na+].[Na+].[Na+].[Na+].[Na+].[Na+].[Na+].[Na+].[Na+].[Na+].[Na+].[Na+].[Na+].[Na+].[Na+].[Na+].[Na+].[Na+].[Na+].[Na+].[Na+].[Na+].[Na+].[Na+].[Na+].[Na+].[Na+].[Na+].[Na+].[Na+].[Na+].[Na+].[Na+].[Na+].[Na+].[Na+].[Na+].[Na+].[Na+].[Na+].[Na+]. The summed E-state index contributed by atoms with van der Waals surface area (Å²) in [5, 5.41) is 15.2. The van der Waals surface area contributed by atoms with Crippen LogP contribution in [0.25, 0.3) is 0 Å². The summed E-state index contributed by atoms with van der Waals surface area (Å²) >= 11 is 0. The minimum Gasteiger partial charge on any atom is -0.478 e. The molecule has 0 aromatic rings. The van der Waals surface area contributed by atoms with E-state index in [9.17, 15) is 9.59 Å². The van der Waals surface area contributed by atoms with E-state index in [1.54, 1.807) is 0 Å². The van der Waals surface area contributed by atoms with Crippen LogP contribution in [-0.4, -0.2) is 22.2 Å². The van der Waals surface area contributed by atoms with E-state index in [1.807, 2.05) is 0 Å². The van der Waals surface area contributed by atoms with Gasteiger partial charge in [-0.1, -0.05) is 13.2 Å². The van der Waals surface area contributed by atoms with Crippen molar-refractivity contribution in [2.24, 2.45) is 0 Å². The van der Waals surface area contributed by atoms with Gasteiger partial charge in [0, 0.05) is 12.2 Å². The first kappa shape index (κ1) is 920. The molecule has 0 aliphatic rings. The van der Waals surface area contributed by atoms with Crippen LogP contribution in [0.15, 0.2) is 25.3 Å². The Labute approximate surface area is 3350 Å². The maximum atomic E-state index is 9.25. The van der Waals surface area contributed by atoms with E-state index in [0.29, 0.717) is 0 Å². The molecule has 0 spiro atoms. The van der Waals surface area contributed by atoms with Crippen LogP contribution in [0.1, 0.15) is 0 Å². The summed E-state index contributed by atoms with van der Waals surface area (Å²) in [6.45, 7) is 5.92. The van der Waals surface area contributed by atoms with Crippen LogP contribution in [-0.2, 0) is 9.59 Å². The fraction of sp³-hybridized carbons (Fsp3) is 0. The molecule has 0 aliphatic carbocycles. The Morgan fingerprint density at radius 2 is 0.0952 bits per heavy atom. The summed E-state index contributed by atoms with van der Waals surface area (Å²) in [5.41, 5.74) is 0. The van der Waals surface area contributed by atoms with Crippen molar-refractivity contribution in [1.82, 2.24) is 0 Å². The monoisotopic (exact) mass is 2810 g/mol. The molecule has 0 bridgehead atoms. The second-order valence-corrected chi connectivity index (χ2v) is 1.08. The number of carboxylic acid groups (broad SMARTS) is 2. The van der Waals surface area contributed by atoms with Gasteiger partial charge in [-0.3, -0.25) is 0 Å². The summed E-state index contributed by atoms with van der Waals surface area (Å²) in [5.74, 6) is -1.96. The van der Waals surface area contributed by atoms with E-state index in [4.69, 9.17) is 10.2 Å². The first-order chi connectivity index (χ1) is 4.54. The van der Waals surface area contributed by atoms with Crippen LogP contribution >= 0.6 is 0 Å². The average Bonchev–Trinajstić information content (AvgIpc) is 1.89. The van der Waals surface area contributed by atoms with Crippen LogP contribution in [0, 0.1) is 0 Å². The predicted octanol–water partition coefficient (Wildman–Crippen LogP) is -347. The third-order valence-corrected chi connectivity index (χ3v) is 0.349. The van der Waals surface area contributed by atoms with Crippen LogP contribution in [0.3, 0.4) is 0 Å². The Morgan fingerprint density at radius 1 is 0.0873 bits per heavy atom. The van der Waals surface area contributed by atoms with Crippen LogP contribution in [0.4, 0.5) is 0 Å². The Hall–Kier alpha value is 114. The zero-order chi connectivity index (χ0) is 8.57. The Morgan fingerprint density at radius 3 is 0.0952 bits per heavy atom. The molecule has 0 fully saturated rings. The van der Waals surface area contributed by atoms with Gasteiger partial charge in [-0.2, -0.15) is 0 Å². The summed E-state index contributed by atoms with van der Waals surface area (Å²) < 4.78 is 0. The third kappa shape index (κ3) is 958. The number of rotatable bonds is 2. The maximum Gasteiger partial charge on any atom is 1.00 e. The maximum absolute atomic E-state index is 9.25. The molecule has 0 amide bonds. The van der Waals surface area contributed by atoms with E-state index in [-0.39, 0.29) is 3430 Å². The van der Waals surface area contributed by atoms with E-state index in [2.05, 4.69) is 13.2 Å². The third-order valence-electron chi connectivity index (χ3n) is 0.349. The van der Waals surface area contributed by atoms with Crippen LogP contribution in [0.5, 0.6) is 0 Å². The number of hydrogen-bond acceptors (Lipinski definition) is 2. The molecule has 0 aromatic heterocycles. The van der Waals surface area contributed by atoms with Gasteiger partial charge in [0.2, 0.25) is 0 Å². The fourth-order valence-electron chi connectivity index (χ4n) is 0. The van der Waals surface area contributed by atoms with Crippen molar-refractivity contribution in [2.45, 2.75) is 0 Å². The molecule has 0 rings (SSSR count). The summed E-state index contributed by atoms with van der Waals surface area (Å²) in [4.78, 5) is 18.5. The molecule has 0 heterocycles. The molecule has 56 valence electrons. The van der Waals surface area contributed by atoms with Gasteiger partial charge in [0.15, 0.2) is 0 Å². The van der Waals surface area contributed by atoms with Gasteiger partial charge in [-0.25, -0.2) is 9.59 Å². The average molecular weight is 2810 g/mol. The second kappa shape index (κ2) is 908. The minimum absolute atomic E-state index is 0. The van der Waals surface area contributed by atoms with Crippen molar-refractivity contribution < 1.29 is 3450 Å². The van der Waals surface area contributed by atoms with Crippen molar-refractivity contribution in [1.29, 1.82) is 0 Å². The molecule has 0 aliphatic heterocycles. The summed E-state index contributed by atoms with van der Waals surface area (Å²) in [7, 11) is 0. The number of carboxylic acids is 2. The topological polar surface area (TPSA) is 74.6 Å². The van der Waals surface area contributed by atoms with Crippen LogP contribution in [0.2, 0.25) is 0 Å². The largest absolute Gasteiger partial charge is 1.00 e. The minimum atomic E-state index is -0.981. The van der Waals surface area contributed by atoms with Crippen molar-refractivity contribution >= 4 is 11.9 Å². The van der Waals surface area contributed by atoms with Crippen molar-refractivity contribution in [3.05, 3.63) is 25.3 Å². The quantitative estimate of drug-likeness (QED) is 0.213. The first-order valence-electron chi connectivity index (χ1n) is 2.25. The van der Waals surface area contributed by atoms with Gasteiger partial charge < -0.3 is 10.2 Å². The molecule has 4 nitrogen and oxygen atoms in total. The second-order valence-electron chi connectivity index (χ2n) is 1.08. The van der Waals surface area contributed by atoms with Crippen LogP contribution < -0.4 is 3430 Å².